The molecule has 1 heterocycles. The topological polar surface area (TPSA) is 68.0 Å². The minimum absolute atomic E-state index is 0.0759. The molecule has 134 valence electrons. The number of thioether (sulfide) groups is 1. The van der Waals surface area contributed by atoms with Gasteiger partial charge in [-0.2, -0.15) is 0 Å². The van der Waals surface area contributed by atoms with E-state index in [4.69, 9.17) is 16.0 Å². The van der Waals surface area contributed by atoms with Gasteiger partial charge >= 0.3 is 6.01 Å². The Morgan fingerprint density at radius 1 is 1.12 bits per heavy atom. The van der Waals surface area contributed by atoms with Crippen molar-refractivity contribution in [1.82, 2.24) is 10.2 Å². The SMILES string of the molecule is CC(C)Sc1ccc(CC(=O)Nc2nnc(-c3ccc(Cl)cc3)o2)cc1. The van der Waals surface area contributed by atoms with Gasteiger partial charge in [0.2, 0.25) is 11.8 Å². The Morgan fingerprint density at radius 3 is 2.46 bits per heavy atom. The first-order valence-corrected chi connectivity index (χ1v) is 9.40. The van der Waals surface area contributed by atoms with Gasteiger partial charge in [0.15, 0.2) is 0 Å². The van der Waals surface area contributed by atoms with Gasteiger partial charge in [0.05, 0.1) is 6.42 Å². The van der Waals surface area contributed by atoms with Crippen LogP contribution in [-0.2, 0) is 11.2 Å². The van der Waals surface area contributed by atoms with Gasteiger partial charge < -0.3 is 4.42 Å². The lowest BCUT2D eigenvalue weighted by Crippen LogP contribution is -2.14. The van der Waals surface area contributed by atoms with E-state index in [1.165, 1.54) is 4.90 Å². The van der Waals surface area contributed by atoms with Gasteiger partial charge in [0.1, 0.15) is 0 Å². The number of hydrogen-bond acceptors (Lipinski definition) is 5. The molecule has 0 saturated carbocycles. The molecule has 3 aromatic rings. The number of aromatic nitrogens is 2. The van der Waals surface area contributed by atoms with Crippen molar-refractivity contribution < 1.29 is 9.21 Å². The monoisotopic (exact) mass is 387 g/mol. The summed E-state index contributed by atoms with van der Waals surface area (Å²) < 4.78 is 5.48. The number of benzene rings is 2. The van der Waals surface area contributed by atoms with Crippen molar-refractivity contribution in [2.24, 2.45) is 0 Å². The van der Waals surface area contributed by atoms with E-state index in [0.717, 1.165) is 11.1 Å². The quantitative estimate of drug-likeness (QED) is 0.598. The Balaban J connectivity index is 1.59. The molecular formula is C19H18ClN3O2S. The predicted molar refractivity (Wildman–Crippen MR) is 105 cm³/mol. The lowest BCUT2D eigenvalue weighted by molar-refractivity contribution is -0.115. The molecule has 0 aliphatic carbocycles. The second kappa shape index (κ2) is 8.38. The molecule has 0 spiro atoms. The van der Waals surface area contributed by atoms with Crippen LogP contribution in [0.5, 0.6) is 0 Å². The second-order valence-electron chi connectivity index (χ2n) is 5.95. The molecule has 5 nitrogen and oxygen atoms in total. The molecule has 1 aromatic heterocycles. The summed E-state index contributed by atoms with van der Waals surface area (Å²) in [6, 6.07) is 15.1. The van der Waals surface area contributed by atoms with Crippen LogP contribution in [0.25, 0.3) is 11.5 Å². The minimum Gasteiger partial charge on any atom is -0.403 e. The number of anilines is 1. The van der Waals surface area contributed by atoms with E-state index in [1.807, 2.05) is 24.3 Å². The third-order valence-corrected chi connectivity index (χ3v) is 4.69. The summed E-state index contributed by atoms with van der Waals surface area (Å²) in [5.41, 5.74) is 1.66. The molecular weight excluding hydrogens is 370 g/mol. The molecule has 0 aliphatic rings. The van der Waals surface area contributed by atoms with Crippen LogP contribution < -0.4 is 5.32 Å². The van der Waals surface area contributed by atoms with E-state index in [1.54, 1.807) is 36.0 Å². The fourth-order valence-electron chi connectivity index (χ4n) is 2.29. The number of halogens is 1. The van der Waals surface area contributed by atoms with Crippen molar-refractivity contribution in [3.8, 4) is 11.5 Å². The molecule has 0 bridgehead atoms. The smallest absolute Gasteiger partial charge is 0.322 e. The molecule has 2 aromatic carbocycles. The summed E-state index contributed by atoms with van der Waals surface area (Å²) in [7, 11) is 0. The fraction of sp³-hybridized carbons (Fsp3) is 0.211. The van der Waals surface area contributed by atoms with Crippen LogP contribution in [0.4, 0.5) is 6.01 Å². The van der Waals surface area contributed by atoms with Crippen LogP contribution >= 0.6 is 23.4 Å². The standard InChI is InChI=1S/C19H18ClN3O2S/c1-12(2)26-16-9-3-13(4-10-16)11-17(24)21-19-23-22-18(25-19)14-5-7-15(20)8-6-14/h3-10,12H,11H2,1-2H3,(H,21,23,24). The number of amides is 1. The summed E-state index contributed by atoms with van der Waals surface area (Å²) in [6.07, 6.45) is 0.241. The van der Waals surface area contributed by atoms with Crippen molar-refractivity contribution in [2.45, 2.75) is 30.4 Å². The van der Waals surface area contributed by atoms with Crippen LogP contribution in [0.2, 0.25) is 5.02 Å². The molecule has 0 unspecified atom stereocenters. The number of nitrogens with zero attached hydrogens (tertiary/aromatic N) is 2. The zero-order valence-electron chi connectivity index (χ0n) is 14.4. The summed E-state index contributed by atoms with van der Waals surface area (Å²) in [5.74, 6) is 0.118. The maximum atomic E-state index is 12.2. The summed E-state index contributed by atoms with van der Waals surface area (Å²) in [6.45, 7) is 4.30. The van der Waals surface area contributed by atoms with Gasteiger partial charge in [-0.15, -0.1) is 16.9 Å². The highest BCUT2D eigenvalue weighted by Gasteiger charge is 2.12. The maximum absolute atomic E-state index is 12.2. The van der Waals surface area contributed by atoms with Crippen molar-refractivity contribution in [3.05, 3.63) is 59.1 Å². The molecule has 0 radical (unpaired) electrons. The first-order valence-electron chi connectivity index (χ1n) is 8.14. The Hall–Kier alpha value is -2.31. The van der Waals surface area contributed by atoms with Gasteiger partial charge in [-0.1, -0.05) is 42.7 Å². The molecule has 7 heteroatoms. The van der Waals surface area contributed by atoms with Crippen molar-refractivity contribution in [1.29, 1.82) is 0 Å². The van der Waals surface area contributed by atoms with Crippen LogP contribution in [0.3, 0.4) is 0 Å². The van der Waals surface area contributed by atoms with E-state index in [9.17, 15) is 4.79 Å². The highest BCUT2D eigenvalue weighted by molar-refractivity contribution is 7.99. The van der Waals surface area contributed by atoms with Crippen LogP contribution in [0.1, 0.15) is 19.4 Å². The van der Waals surface area contributed by atoms with E-state index < -0.39 is 0 Å². The van der Waals surface area contributed by atoms with Crippen LogP contribution in [0.15, 0.2) is 57.8 Å². The number of hydrogen-bond donors (Lipinski definition) is 1. The second-order valence-corrected chi connectivity index (χ2v) is 8.04. The first-order chi connectivity index (χ1) is 12.5. The number of carbonyl (C=O) groups is 1. The molecule has 1 N–H and O–H groups in total. The van der Waals surface area contributed by atoms with E-state index in [0.29, 0.717) is 16.2 Å². The zero-order chi connectivity index (χ0) is 18.5. The largest absolute Gasteiger partial charge is 0.403 e. The summed E-state index contributed by atoms with van der Waals surface area (Å²) in [4.78, 5) is 13.4. The van der Waals surface area contributed by atoms with Gasteiger partial charge in [-0.25, -0.2) is 0 Å². The van der Waals surface area contributed by atoms with E-state index >= 15 is 0 Å². The minimum atomic E-state index is -0.208. The van der Waals surface area contributed by atoms with Crippen molar-refractivity contribution in [2.75, 3.05) is 5.32 Å². The molecule has 0 atom stereocenters. The third kappa shape index (κ3) is 5.09. The Kier molecular flexibility index (Phi) is 5.96. The average Bonchev–Trinajstić information content (AvgIpc) is 3.05. The Morgan fingerprint density at radius 2 is 1.81 bits per heavy atom. The van der Waals surface area contributed by atoms with Crippen molar-refractivity contribution >= 4 is 35.3 Å². The van der Waals surface area contributed by atoms with Gasteiger partial charge in [0, 0.05) is 20.7 Å². The molecule has 0 aliphatic heterocycles. The lowest BCUT2D eigenvalue weighted by atomic mass is 10.1. The Labute approximate surface area is 161 Å². The molecule has 0 saturated heterocycles. The van der Waals surface area contributed by atoms with Crippen molar-refractivity contribution in [3.63, 3.8) is 0 Å². The van der Waals surface area contributed by atoms with Gasteiger partial charge in [-0.3, -0.25) is 10.1 Å². The normalized spacial score (nSPS) is 10.9. The summed E-state index contributed by atoms with van der Waals surface area (Å²) in [5, 5.41) is 11.6. The highest BCUT2D eigenvalue weighted by Crippen LogP contribution is 2.24. The highest BCUT2D eigenvalue weighted by atomic mass is 35.5. The van der Waals surface area contributed by atoms with Gasteiger partial charge in [0.25, 0.3) is 0 Å². The van der Waals surface area contributed by atoms with E-state index in [2.05, 4.69) is 29.4 Å². The molecule has 3 rings (SSSR count). The molecule has 1 amide bonds. The van der Waals surface area contributed by atoms with E-state index in [-0.39, 0.29) is 18.3 Å². The van der Waals surface area contributed by atoms with Crippen LogP contribution in [-0.4, -0.2) is 21.4 Å². The summed E-state index contributed by atoms with van der Waals surface area (Å²) >= 11 is 7.65. The molecule has 26 heavy (non-hydrogen) atoms. The fourth-order valence-corrected chi connectivity index (χ4v) is 3.25. The number of carbonyl (C=O) groups excluding carboxylic acids is 1. The average molecular weight is 388 g/mol. The maximum Gasteiger partial charge on any atom is 0.322 e. The van der Waals surface area contributed by atoms with Gasteiger partial charge in [-0.05, 0) is 42.0 Å². The predicted octanol–water partition coefficient (Wildman–Crippen LogP) is 5.07. The first kappa shape index (κ1) is 18.5. The van der Waals surface area contributed by atoms with Crippen LogP contribution in [0, 0.1) is 0 Å². The molecule has 0 fully saturated rings. The third-order valence-electron chi connectivity index (χ3n) is 3.42. The lowest BCUT2D eigenvalue weighted by Gasteiger charge is -2.06. The Bertz CT molecular complexity index is 877. The zero-order valence-corrected chi connectivity index (χ0v) is 16.0. The number of nitrogens with one attached hydrogen (secondary N) is 1. The number of rotatable bonds is 6.